The van der Waals surface area contributed by atoms with E-state index in [4.69, 9.17) is 5.11 Å². The van der Waals surface area contributed by atoms with Gasteiger partial charge in [0.05, 0.1) is 17.8 Å². The number of benzene rings is 2. The molecule has 10 heteroatoms. The highest BCUT2D eigenvalue weighted by molar-refractivity contribution is 7.90. The van der Waals surface area contributed by atoms with Crippen molar-refractivity contribution < 1.29 is 27.9 Å². The minimum absolute atomic E-state index is 0.0967. The van der Waals surface area contributed by atoms with Gasteiger partial charge in [-0.2, -0.15) is 0 Å². The predicted molar refractivity (Wildman–Crippen MR) is 99.9 cm³/mol. The van der Waals surface area contributed by atoms with Gasteiger partial charge in [0, 0.05) is 19.2 Å². The maximum atomic E-state index is 12.9. The maximum absolute atomic E-state index is 12.9. The van der Waals surface area contributed by atoms with Crippen LogP contribution in [0.4, 0.5) is 10.5 Å². The van der Waals surface area contributed by atoms with Gasteiger partial charge in [-0.1, -0.05) is 18.2 Å². The summed E-state index contributed by atoms with van der Waals surface area (Å²) in [6.45, 7) is -0.388. The fraction of sp³-hybridized carbons (Fsp3) is 0.167. The zero-order chi connectivity index (χ0) is 20.5. The van der Waals surface area contributed by atoms with Crippen molar-refractivity contribution in [2.24, 2.45) is 0 Å². The first kappa shape index (κ1) is 19.4. The summed E-state index contributed by atoms with van der Waals surface area (Å²) in [7, 11) is -2.86. The lowest BCUT2D eigenvalue weighted by atomic mass is 10.2. The Hall–Kier alpha value is -3.40. The minimum Gasteiger partial charge on any atom is -0.478 e. The molecule has 1 heterocycles. The molecular formula is C18H17N3O6S. The molecule has 0 radical (unpaired) electrons. The van der Waals surface area contributed by atoms with Crippen molar-refractivity contribution in [2.75, 3.05) is 25.0 Å². The van der Waals surface area contributed by atoms with E-state index in [0.717, 1.165) is 11.0 Å². The predicted octanol–water partition coefficient (Wildman–Crippen LogP) is 1.38. The van der Waals surface area contributed by atoms with Crippen molar-refractivity contribution in [1.82, 2.24) is 9.62 Å². The number of rotatable bonds is 5. The second-order valence-electron chi connectivity index (χ2n) is 6.03. The largest absolute Gasteiger partial charge is 0.478 e. The number of aromatic carboxylic acids is 1. The van der Waals surface area contributed by atoms with Gasteiger partial charge >= 0.3 is 12.0 Å². The monoisotopic (exact) mass is 403 g/mol. The zero-order valence-corrected chi connectivity index (χ0v) is 15.6. The number of carbonyl (C=O) groups excluding carboxylic acids is 2. The van der Waals surface area contributed by atoms with Crippen LogP contribution in [0.1, 0.15) is 20.7 Å². The molecular weight excluding hydrogens is 386 g/mol. The molecule has 1 aliphatic rings. The van der Waals surface area contributed by atoms with Crippen LogP contribution in [0.25, 0.3) is 0 Å². The Morgan fingerprint density at radius 1 is 1.07 bits per heavy atom. The van der Waals surface area contributed by atoms with Gasteiger partial charge in [-0.3, -0.25) is 9.69 Å². The van der Waals surface area contributed by atoms with Crippen molar-refractivity contribution >= 4 is 33.6 Å². The molecule has 2 N–H and O–H groups in total. The number of urea groups is 1. The van der Waals surface area contributed by atoms with Gasteiger partial charge in [0.25, 0.3) is 15.9 Å². The van der Waals surface area contributed by atoms with Crippen LogP contribution in [0.15, 0.2) is 53.4 Å². The second-order valence-corrected chi connectivity index (χ2v) is 7.86. The summed E-state index contributed by atoms with van der Waals surface area (Å²) in [5.41, 5.74) is 0.297. The highest BCUT2D eigenvalue weighted by atomic mass is 32.2. The summed E-state index contributed by atoms with van der Waals surface area (Å²) in [6, 6.07) is 11.1. The fourth-order valence-corrected chi connectivity index (χ4v) is 4.44. The van der Waals surface area contributed by atoms with Crippen LogP contribution in [0.2, 0.25) is 0 Å². The van der Waals surface area contributed by atoms with Gasteiger partial charge in [0.1, 0.15) is 4.90 Å². The lowest BCUT2D eigenvalue weighted by Gasteiger charge is -2.34. The van der Waals surface area contributed by atoms with Crippen molar-refractivity contribution in [1.29, 1.82) is 0 Å². The molecule has 0 unspecified atom stereocenters. The Morgan fingerprint density at radius 3 is 2.39 bits per heavy atom. The number of hydrogen-bond acceptors (Lipinski definition) is 5. The van der Waals surface area contributed by atoms with Gasteiger partial charge in [-0.05, 0) is 30.3 Å². The van der Waals surface area contributed by atoms with E-state index in [1.54, 1.807) is 30.3 Å². The summed E-state index contributed by atoms with van der Waals surface area (Å²) < 4.78 is 26.3. The van der Waals surface area contributed by atoms with Crippen molar-refractivity contribution in [2.45, 2.75) is 4.90 Å². The van der Waals surface area contributed by atoms with Crippen LogP contribution in [-0.4, -0.2) is 55.9 Å². The van der Waals surface area contributed by atoms with Crippen LogP contribution in [0.3, 0.4) is 0 Å². The standard InChI is InChI=1S/C18H17N3O6S/c1-20-14-8-7-13(17(23)24)11-15(14)28(26,27)21(18(20)25)10-9-19-16(22)12-5-3-2-4-6-12/h2-8,11H,9-10H2,1H3,(H,19,22)(H,23,24). The molecule has 0 saturated carbocycles. The lowest BCUT2D eigenvalue weighted by Crippen LogP contribution is -2.51. The zero-order valence-electron chi connectivity index (χ0n) is 14.8. The number of fused-ring (bicyclic) bond motifs is 1. The molecule has 0 atom stereocenters. The Kier molecular flexibility index (Phi) is 5.06. The number of amides is 3. The van der Waals surface area contributed by atoms with Crippen LogP contribution in [0, 0.1) is 0 Å². The molecule has 0 fully saturated rings. The first-order chi connectivity index (χ1) is 13.2. The number of sulfonamides is 1. The summed E-state index contributed by atoms with van der Waals surface area (Å²) in [6.07, 6.45) is 0. The van der Waals surface area contributed by atoms with E-state index in [1.165, 1.54) is 19.2 Å². The molecule has 1 aliphatic heterocycles. The average Bonchev–Trinajstić information content (AvgIpc) is 2.69. The third-order valence-corrected chi connectivity index (χ3v) is 6.07. The van der Waals surface area contributed by atoms with Crippen molar-refractivity contribution in [3.05, 3.63) is 59.7 Å². The molecule has 3 amide bonds. The smallest absolute Gasteiger partial charge is 0.338 e. The SMILES string of the molecule is CN1C(=O)N(CCNC(=O)c2ccccc2)S(=O)(=O)c2cc(C(=O)O)ccc21. The summed E-state index contributed by atoms with van der Waals surface area (Å²) >= 11 is 0. The number of carboxylic acids is 1. The van der Waals surface area contributed by atoms with Crippen molar-refractivity contribution in [3.8, 4) is 0 Å². The summed E-state index contributed by atoms with van der Waals surface area (Å²) in [4.78, 5) is 36.6. The Labute approximate surface area is 161 Å². The number of anilines is 1. The molecule has 2 aromatic carbocycles. The van der Waals surface area contributed by atoms with Crippen LogP contribution in [0.5, 0.6) is 0 Å². The quantitative estimate of drug-likeness (QED) is 0.777. The third-order valence-electron chi connectivity index (χ3n) is 4.27. The highest BCUT2D eigenvalue weighted by Crippen LogP contribution is 2.34. The molecule has 0 aliphatic carbocycles. The Balaban J connectivity index is 1.82. The van der Waals surface area contributed by atoms with E-state index in [1.807, 2.05) is 0 Å². The van der Waals surface area contributed by atoms with Gasteiger partial charge in [-0.15, -0.1) is 0 Å². The number of hydrogen-bond donors (Lipinski definition) is 2. The molecule has 0 aromatic heterocycles. The van der Waals surface area contributed by atoms with E-state index in [2.05, 4.69) is 5.32 Å². The van der Waals surface area contributed by atoms with E-state index in [0.29, 0.717) is 9.87 Å². The van der Waals surface area contributed by atoms with E-state index >= 15 is 0 Å². The second kappa shape index (κ2) is 7.31. The van der Waals surface area contributed by atoms with E-state index in [9.17, 15) is 22.8 Å². The fourth-order valence-electron chi connectivity index (χ4n) is 2.80. The molecule has 3 rings (SSSR count). The van der Waals surface area contributed by atoms with Crippen molar-refractivity contribution in [3.63, 3.8) is 0 Å². The molecule has 2 aromatic rings. The molecule has 28 heavy (non-hydrogen) atoms. The number of carboxylic acid groups (broad SMARTS) is 1. The Morgan fingerprint density at radius 2 is 1.75 bits per heavy atom. The average molecular weight is 403 g/mol. The number of carbonyl (C=O) groups is 3. The third kappa shape index (κ3) is 3.41. The normalized spacial score (nSPS) is 15.1. The first-order valence-electron chi connectivity index (χ1n) is 8.24. The number of nitrogens with zero attached hydrogens (tertiary/aromatic N) is 2. The number of nitrogens with one attached hydrogen (secondary N) is 1. The van der Waals surface area contributed by atoms with Crippen LogP contribution >= 0.6 is 0 Å². The topological polar surface area (TPSA) is 124 Å². The summed E-state index contributed by atoms with van der Waals surface area (Å²) in [5, 5.41) is 11.7. The minimum atomic E-state index is -4.26. The summed E-state index contributed by atoms with van der Waals surface area (Å²) in [5.74, 6) is -1.68. The van der Waals surface area contributed by atoms with Crippen LogP contribution in [-0.2, 0) is 10.0 Å². The molecule has 0 saturated heterocycles. The van der Waals surface area contributed by atoms with Crippen LogP contribution < -0.4 is 10.2 Å². The molecule has 9 nitrogen and oxygen atoms in total. The van der Waals surface area contributed by atoms with Gasteiger partial charge in [0.15, 0.2) is 0 Å². The lowest BCUT2D eigenvalue weighted by molar-refractivity contribution is 0.0696. The van der Waals surface area contributed by atoms with Gasteiger partial charge < -0.3 is 10.4 Å². The van der Waals surface area contributed by atoms with Gasteiger partial charge in [0.2, 0.25) is 0 Å². The molecule has 0 bridgehead atoms. The van der Waals surface area contributed by atoms with Gasteiger partial charge in [-0.25, -0.2) is 22.3 Å². The first-order valence-corrected chi connectivity index (χ1v) is 9.68. The molecule has 146 valence electrons. The Bertz CT molecular complexity index is 1050. The molecule has 0 spiro atoms. The van der Waals surface area contributed by atoms with E-state index < -0.39 is 27.9 Å². The highest BCUT2D eigenvalue weighted by Gasteiger charge is 2.40. The maximum Gasteiger partial charge on any atom is 0.338 e. The van der Waals surface area contributed by atoms with E-state index in [-0.39, 0.29) is 29.2 Å².